The topological polar surface area (TPSA) is 55.9 Å². The van der Waals surface area contributed by atoms with Crippen LogP contribution in [-0.2, 0) is 17.6 Å². The van der Waals surface area contributed by atoms with Gasteiger partial charge in [-0.15, -0.1) is 0 Å². The summed E-state index contributed by atoms with van der Waals surface area (Å²) in [4.78, 5) is 13.7. The number of piperidine rings is 1. The number of ether oxygens (including phenoxy) is 1. The number of quaternary nitrogens is 1. The van der Waals surface area contributed by atoms with Crippen molar-refractivity contribution in [2.45, 2.75) is 51.4 Å². The summed E-state index contributed by atoms with van der Waals surface area (Å²) in [6.07, 6.45) is 9.63. The Kier molecular flexibility index (Phi) is 5.97. The van der Waals surface area contributed by atoms with Crippen LogP contribution in [0.2, 0.25) is 0 Å². The number of amides is 1. The Hall–Kier alpha value is -2.01. The molecule has 0 atom stereocenters. The molecule has 27 heavy (non-hydrogen) atoms. The first-order valence-corrected chi connectivity index (χ1v) is 10.6. The van der Waals surface area contributed by atoms with Crippen LogP contribution in [-0.4, -0.2) is 38.7 Å². The molecule has 1 aliphatic carbocycles. The molecule has 0 saturated carbocycles. The number of carbonyl (C=O) groups is 1. The van der Waals surface area contributed by atoms with Gasteiger partial charge in [-0.25, -0.2) is 0 Å². The van der Waals surface area contributed by atoms with Crippen LogP contribution in [0.15, 0.2) is 22.6 Å². The lowest BCUT2D eigenvalue weighted by Crippen LogP contribution is -3.12. The van der Waals surface area contributed by atoms with Gasteiger partial charge in [-0.3, -0.25) is 4.79 Å². The monoisotopic (exact) mass is 371 g/mol. The van der Waals surface area contributed by atoms with Crippen LogP contribution in [0.5, 0.6) is 5.75 Å². The molecular weight excluding hydrogens is 340 g/mol. The third kappa shape index (κ3) is 4.64. The van der Waals surface area contributed by atoms with Crippen molar-refractivity contribution < 1.29 is 18.8 Å². The van der Waals surface area contributed by atoms with Crippen molar-refractivity contribution in [2.24, 2.45) is 0 Å². The highest BCUT2D eigenvalue weighted by Gasteiger charge is 2.18. The molecular formula is C22H31N2O3+. The van der Waals surface area contributed by atoms with Crippen molar-refractivity contribution in [1.82, 2.24) is 5.32 Å². The summed E-state index contributed by atoms with van der Waals surface area (Å²) in [7, 11) is 0. The van der Waals surface area contributed by atoms with E-state index in [2.05, 4.69) is 5.32 Å². The number of hydrogen-bond acceptors (Lipinski definition) is 3. The van der Waals surface area contributed by atoms with Crippen LogP contribution in [0, 0.1) is 0 Å². The Bertz CT molecular complexity index is 777. The van der Waals surface area contributed by atoms with Crippen LogP contribution >= 0.6 is 0 Å². The molecule has 1 aromatic heterocycles. The van der Waals surface area contributed by atoms with Crippen molar-refractivity contribution in [3.8, 4) is 5.75 Å². The minimum absolute atomic E-state index is 0.0436. The Morgan fingerprint density at radius 2 is 1.96 bits per heavy atom. The largest absolute Gasteiger partial charge is 0.484 e. The predicted octanol–water partition coefficient (Wildman–Crippen LogP) is 2.27. The van der Waals surface area contributed by atoms with Gasteiger partial charge in [0.2, 0.25) is 0 Å². The number of nitrogens with one attached hydrogen (secondary N) is 2. The van der Waals surface area contributed by atoms with Crippen LogP contribution in [0.4, 0.5) is 0 Å². The predicted molar refractivity (Wildman–Crippen MR) is 105 cm³/mol. The second-order valence-corrected chi connectivity index (χ2v) is 7.92. The molecule has 1 amide bonds. The molecule has 0 spiro atoms. The summed E-state index contributed by atoms with van der Waals surface area (Å²) in [5, 5.41) is 4.12. The van der Waals surface area contributed by atoms with Crippen molar-refractivity contribution >= 4 is 16.9 Å². The number of hydrogen-bond donors (Lipinski definition) is 2. The maximum absolute atomic E-state index is 12.1. The average molecular weight is 372 g/mol. The van der Waals surface area contributed by atoms with Crippen molar-refractivity contribution in [2.75, 3.05) is 32.8 Å². The van der Waals surface area contributed by atoms with E-state index < -0.39 is 0 Å². The highest BCUT2D eigenvalue weighted by molar-refractivity contribution is 5.84. The van der Waals surface area contributed by atoms with Gasteiger partial charge in [0.05, 0.1) is 19.6 Å². The number of rotatable bonds is 7. The van der Waals surface area contributed by atoms with Gasteiger partial charge < -0.3 is 19.4 Å². The lowest BCUT2D eigenvalue weighted by atomic mass is 9.96. The van der Waals surface area contributed by atoms with Gasteiger partial charge in [0.15, 0.2) is 6.61 Å². The molecule has 1 saturated heterocycles. The van der Waals surface area contributed by atoms with Gasteiger partial charge in [-0.2, -0.15) is 0 Å². The summed E-state index contributed by atoms with van der Waals surface area (Å²) in [6.45, 7) is 4.54. The highest BCUT2D eigenvalue weighted by Crippen LogP contribution is 2.33. The van der Waals surface area contributed by atoms with Crippen LogP contribution < -0.4 is 15.0 Å². The van der Waals surface area contributed by atoms with Gasteiger partial charge in [0, 0.05) is 30.3 Å². The Labute approximate surface area is 161 Å². The molecule has 2 heterocycles. The first-order chi connectivity index (χ1) is 13.3. The summed E-state index contributed by atoms with van der Waals surface area (Å²) in [5.74, 6) is 1.82. The zero-order valence-electron chi connectivity index (χ0n) is 16.1. The van der Waals surface area contributed by atoms with E-state index in [0.29, 0.717) is 0 Å². The highest BCUT2D eigenvalue weighted by atomic mass is 16.5. The molecule has 1 aliphatic heterocycles. The molecule has 1 aromatic carbocycles. The molecule has 2 N–H and O–H groups in total. The Balaban J connectivity index is 1.22. The number of furan rings is 1. The zero-order valence-corrected chi connectivity index (χ0v) is 16.1. The molecule has 0 unspecified atom stereocenters. The summed E-state index contributed by atoms with van der Waals surface area (Å²) in [5.41, 5.74) is 2.25. The van der Waals surface area contributed by atoms with E-state index in [0.717, 1.165) is 54.8 Å². The van der Waals surface area contributed by atoms with Crippen molar-refractivity contribution in [1.29, 1.82) is 0 Å². The number of fused-ring (bicyclic) bond motifs is 3. The molecule has 2 aliphatic rings. The molecule has 5 heteroatoms. The second-order valence-electron chi connectivity index (χ2n) is 7.92. The molecule has 2 aromatic rings. The van der Waals surface area contributed by atoms with E-state index >= 15 is 0 Å². The fourth-order valence-electron chi connectivity index (χ4n) is 4.40. The van der Waals surface area contributed by atoms with Gasteiger partial charge >= 0.3 is 0 Å². The second kappa shape index (κ2) is 8.79. The van der Waals surface area contributed by atoms with Gasteiger partial charge in [-0.1, -0.05) is 0 Å². The van der Waals surface area contributed by atoms with Crippen LogP contribution in [0.1, 0.15) is 49.8 Å². The van der Waals surface area contributed by atoms with Crippen molar-refractivity contribution in [3.63, 3.8) is 0 Å². The minimum atomic E-state index is -0.0436. The van der Waals surface area contributed by atoms with E-state index in [4.69, 9.17) is 9.15 Å². The maximum atomic E-state index is 12.1. The van der Waals surface area contributed by atoms with Gasteiger partial charge in [-0.05, 0) is 56.7 Å². The van der Waals surface area contributed by atoms with E-state index in [1.165, 1.54) is 50.8 Å². The zero-order chi connectivity index (χ0) is 18.5. The minimum Gasteiger partial charge on any atom is -0.484 e. The quantitative estimate of drug-likeness (QED) is 0.734. The standard InChI is InChI=1S/C22H30N2O3/c25-22(23-11-6-14-24-12-4-1-5-13-24)16-26-17-9-10-21-19(15-17)18-7-2-3-8-20(18)27-21/h9-10,15H,1-8,11-14,16H2,(H,23,25)/p+1. The van der Waals surface area contributed by atoms with E-state index in [-0.39, 0.29) is 12.5 Å². The molecule has 5 nitrogen and oxygen atoms in total. The lowest BCUT2D eigenvalue weighted by molar-refractivity contribution is -0.904. The molecule has 0 radical (unpaired) electrons. The Morgan fingerprint density at radius 1 is 1.11 bits per heavy atom. The summed E-state index contributed by atoms with van der Waals surface area (Å²) in [6, 6.07) is 5.88. The van der Waals surface area contributed by atoms with E-state index in [1.54, 1.807) is 4.90 Å². The molecule has 1 fully saturated rings. The fourth-order valence-corrected chi connectivity index (χ4v) is 4.40. The smallest absolute Gasteiger partial charge is 0.257 e. The van der Waals surface area contributed by atoms with E-state index in [1.807, 2.05) is 18.2 Å². The fraction of sp³-hybridized carbons (Fsp3) is 0.591. The SMILES string of the molecule is O=C(COc1ccc2oc3c(c2c1)CCCC3)NCCC[NH+]1CCCCC1. The molecule has 146 valence electrons. The first-order valence-electron chi connectivity index (χ1n) is 10.6. The van der Waals surface area contributed by atoms with E-state index in [9.17, 15) is 4.79 Å². The average Bonchev–Trinajstić information content (AvgIpc) is 3.08. The summed E-state index contributed by atoms with van der Waals surface area (Å²) < 4.78 is 11.7. The number of likely N-dealkylation sites (tertiary alicyclic amines) is 1. The number of aryl methyl sites for hydroxylation is 2. The normalized spacial score (nSPS) is 17.6. The van der Waals surface area contributed by atoms with Gasteiger partial charge in [0.1, 0.15) is 17.1 Å². The number of benzene rings is 1. The van der Waals surface area contributed by atoms with Crippen molar-refractivity contribution in [3.05, 3.63) is 29.5 Å². The summed E-state index contributed by atoms with van der Waals surface area (Å²) >= 11 is 0. The molecule has 0 bridgehead atoms. The lowest BCUT2D eigenvalue weighted by Gasteiger charge is -2.23. The molecule has 4 rings (SSSR count). The van der Waals surface area contributed by atoms with Crippen LogP contribution in [0.25, 0.3) is 11.0 Å². The first kappa shape index (κ1) is 18.4. The third-order valence-corrected chi connectivity index (χ3v) is 5.89. The number of carbonyl (C=O) groups excluding carboxylic acids is 1. The van der Waals surface area contributed by atoms with Gasteiger partial charge in [0.25, 0.3) is 5.91 Å². The van der Waals surface area contributed by atoms with Crippen LogP contribution in [0.3, 0.4) is 0 Å². The Morgan fingerprint density at radius 3 is 2.85 bits per heavy atom. The third-order valence-electron chi connectivity index (χ3n) is 5.89. The maximum Gasteiger partial charge on any atom is 0.257 e.